The smallest absolute Gasteiger partial charge is 0.336 e. The summed E-state index contributed by atoms with van der Waals surface area (Å²) < 4.78 is 16.7. The van der Waals surface area contributed by atoms with E-state index in [0.717, 1.165) is 10.9 Å². The summed E-state index contributed by atoms with van der Waals surface area (Å²) in [6, 6.07) is 11.8. The number of carbonyl (C=O) groups is 1. The standard InChI is InChI=1S/C23H18O6/c1-12-4-7-19-18(8-12)15(9-21(25)28-19)11-27-16-5-6-17-20(10-16)29-23(14(3)24)13(2)22(17)26/h4-10H,11H2,1-3H3. The van der Waals surface area contributed by atoms with Crippen molar-refractivity contribution in [1.29, 1.82) is 0 Å². The number of fused-ring (bicyclic) bond motifs is 2. The van der Waals surface area contributed by atoms with E-state index in [9.17, 15) is 14.4 Å². The van der Waals surface area contributed by atoms with Gasteiger partial charge in [-0.2, -0.15) is 0 Å². The number of aryl methyl sites for hydroxylation is 1. The van der Waals surface area contributed by atoms with Gasteiger partial charge in [0.25, 0.3) is 0 Å². The van der Waals surface area contributed by atoms with E-state index >= 15 is 0 Å². The van der Waals surface area contributed by atoms with Crippen LogP contribution in [0.4, 0.5) is 0 Å². The van der Waals surface area contributed by atoms with Crippen molar-refractivity contribution >= 4 is 27.7 Å². The van der Waals surface area contributed by atoms with Gasteiger partial charge in [0, 0.05) is 35.6 Å². The fourth-order valence-corrected chi connectivity index (χ4v) is 3.31. The molecule has 0 fully saturated rings. The molecule has 0 unspecified atom stereocenters. The Bertz CT molecular complexity index is 1390. The third-order valence-electron chi connectivity index (χ3n) is 4.79. The molecule has 0 atom stereocenters. The number of Topliss-reactive ketones (excluding diaryl/α,β-unsaturated/α-hetero) is 1. The Kier molecular flexibility index (Phi) is 4.54. The first kappa shape index (κ1) is 18.7. The van der Waals surface area contributed by atoms with Crippen molar-refractivity contribution in [3.05, 3.63) is 85.6 Å². The number of carbonyl (C=O) groups excluding carboxylic acids is 1. The molecule has 0 spiro atoms. The van der Waals surface area contributed by atoms with Crippen LogP contribution in [0.5, 0.6) is 5.75 Å². The number of hydrogen-bond acceptors (Lipinski definition) is 6. The Hall–Kier alpha value is -3.67. The van der Waals surface area contributed by atoms with Gasteiger partial charge >= 0.3 is 5.63 Å². The van der Waals surface area contributed by atoms with E-state index < -0.39 is 5.63 Å². The molecule has 0 bridgehead atoms. The van der Waals surface area contributed by atoms with Gasteiger partial charge in [0.05, 0.1) is 5.39 Å². The van der Waals surface area contributed by atoms with Crippen LogP contribution in [0, 0.1) is 13.8 Å². The second-order valence-electron chi connectivity index (χ2n) is 6.98. The highest BCUT2D eigenvalue weighted by Crippen LogP contribution is 2.24. The topological polar surface area (TPSA) is 86.7 Å². The fourth-order valence-electron chi connectivity index (χ4n) is 3.31. The van der Waals surface area contributed by atoms with Crippen LogP contribution in [0.2, 0.25) is 0 Å². The maximum absolute atomic E-state index is 12.5. The highest BCUT2D eigenvalue weighted by Gasteiger charge is 2.15. The zero-order valence-corrected chi connectivity index (χ0v) is 16.2. The lowest BCUT2D eigenvalue weighted by molar-refractivity contribution is 0.0986. The van der Waals surface area contributed by atoms with Crippen molar-refractivity contribution in [1.82, 2.24) is 0 Å². The van der Waals surface area contributed by atoms with Gasteiger partial charge in [0.2, 0.25) is 0 Å². The summed E-state index contributed by atoms with van der Waals surface area (Å²) in [7, 11) is 0. The number of hydrogen-bond donors (Lipinski definition) is 0. The molecule has 0 saturated heterocycles. The number of benzene rings is 2. The van der Waals surface area contributed by atoms with E-state index in [1.807, 2.05) is 19.1 Å². The zero-order chi connectivity index (χ0) is 20.7. The summed E-state index contributed by atoms with van der Waals surface area (Å²) >= 11 is 0. The van der Waals surface area contributed by atoms with Gasteiger partial charge in [-0.05, 0) is 38.1 Å². The molecule has 0 N–H and O–H groups in total. The van der Waals surface area contributed by atoms with Gasteiger partial charge < -0.3 is 13.6 Å². The maximum atomic E-state index is 12.5. The van der Waals surface area contributed by atoms with Gasteiger partial charge in [-0.3, -0.25) is 9.59 Å². The minimum absolute atomic E-state index is 0.0433. The molecule has 0 aliphatic heterocycles. The van der Waals surface area contributed by atoms with Gasteiger partial charge in [-0.1, -0.05) is 11.6 Å². The van der Waals surface area contributed by atoms with Crippen molar-refractivity contribution < 1.29 is 18.4 Å². The molecule has 0 radical (unpaired) electrons. The van der Waals surface area contributed by atoms with Crippen LogP contribution < -0.4 is 15.8 Å². The predicted octanol–water partition coefficient (Wildman–Crippen LogP) is 4.30. The summed E-state index contributed by atoms with van der Waals surface area (Å²) in [5, 5.41) is 1.17. The molecule has 0 saturated carbocycles. The fraction of sp³-hybridized carbons (Fsp3) is 0.174. The molecule has 6 heteroatoms. The van der Waals surface area contributed by atoms with Crippen LogP contribution in [-0.2, 0) is 6.61 Å². The molecule has 0 aliphatic rings. The summed E-state index contributed by atoms with van der Waals surface area (Å²) in [5.41, 5.74) is 2.08. The molecule has 2 aromatic carbocycles. The Balaban J connectivity index is 1.72. The van der Waals surface area contributed by atoms with Crippen molar-refractivity contribution in [2.75, 3.05) is 0 Å². The third-order valence-corrected chi connectivity index (χ3v) is 4.79. The van der Waals surface area contributed by atoms with Gasteiger partial charge in [0.1, 0.15) is 23.5 Å². The van der Waals surface area contributed by atoms with Crippen LogP contribution in [0.1, 0.15) is 34.2 Å². The molecule has 2 aromatic heterocycles. The highest BCUT2D eigenvalue weighted by molar-refractivity contribution is 5.94. The van der Waals surface area contributed by atoms with Gasteiger partial charge in [-0.25, -0.2) is 4.79 Å². The van der Waals surface area contributed by atoms with Crippen LogP contribution in [0.15, 0.2) is 60.9 Å². The molecule has 2 heterocycles. The SMILES string of the molecule is CC(=O)c1oc2cc(OCc3cc(=O)oc4ccc(C)cc34)ccc2c(=O)c1C. The minimum atomic E-state index is -0.453. The lowest BCUT2D eigenvalue weighted by atomic mass is 10.1. The first-order valence-electron chi connectivity index (χ1n) is 9.08. The van der Waals surface area contributed by atoms with Crippen LogP contribution in [0.25, 0.3) is 21.9 Å². The summed E-state index contributed by atoms with van der Waals surface area (Å²) in [6.45, 7) is 5.01. The molecular weight excluding hydrogens is 372 g/mol. The highest BCUT2D eigenvalue weighted by atomic mass is 16.5. The first-order valence-corrected chi connectivity index (χ1v) is 9.08. The molecule has 6 nitrogen and oxygen atoms in total. The Morgan fingerprint density at radius 3 is 2.48 bits per heavy atom. The van der Waals surface area contributed by atoms with E-state index in [4.69, 9.17) is 13.6 Å². The average molecular weight is 390 g/mol. The maximum Gasteiger partial charge on any atom is 0.336 e. The lowest BCUT2D eigenvalue weighted by Crippen LogP contribution is -2.11. The third kappa shape index (κ3) is 3.45. The molecule has 0 aliphatic carbocycles. The Labute approximate surface area is 165 Å². The molecule has 29 heavy (non-hydrogen) atoms. The second kappa shape index (κ2) is 7.05. The quantitative estimate of drug-likeness (QED) is 0.381. The summed E-state index contributed by atoms with van der Waals surface area (Å²) in [4.78, 5) is 36.0. The van der Waals surface area contributed by atoms with Crippen LogP contribution >= 0.6 is 0 Å². The number of ether oxygens (including phenoxy) is 1. The number of ketones is 1. The van der Waals surface area contributed by atoms with E-state index in [1.54, 1.807) is 31.2 Å². The Morgan fingerprint density at radius 1 is 0.931 bits per heavy atom. The first-order chi connectivity index (χ1) is 13.8. The van der Waals surface area contributed by atoms with Gasteiger partial charge in [-0.15, -0.1) is 0 Å². The molecule has 0 amide bonds. The van der Waals surface area contributed by atoms with Crippen molar-refractivity contribution in [2.24, 2.45) is 0 Å². The largest absolute Gasteiger partial charge is 0.489 e. The average Bonchev–Trinajstić information content (AvgIpc) is 2.68. The van der Waals surface area contributed by atoms with E-state index in [0.29, 0.717) is 22.3 Å². The van der Waals surface area contributed by atoms with Gasteiger partial charge in [0.15, 0.2) is 17.0 Å². The molecule has 4 rings (SSSR count). The van der Waals surface area contributed by atoms with Crippen molar-refractivity contribution in [2.45, 2.75) is 27.4 Å². The Morgan fingerprint density at radius 2 is 1.72 bits per heavy atom. The summed E-state index contributed by atoms with van der Waals surface area (Å²) in [6.07, 6.45) is 0. The van der Waals surface area contributed by atoms with Crippen LogP contribution in [-0.4, -0.2) is 5.78 Å². The lowest BCUT2D eigenvalue weighted by Gasteiger charge is -2.10. The van der Waals surface area contributed by atoms with E-state index in [1.165, 1.54) is 13.0 Å². The molecular formula is C23H18O6. The molecule has 146 valence electrons. The van der Waals surface area contributed by atoms with Crippen LogP contribution in [0.3, 0.4) is 0 Å². The second-order valence-corrected chi connectivity index (χ2v) is 6.98. The van der Waals surface area contributed by atoms with Crippen molar-refractivity contribution in [3.8, 4) is 5.75 Å². The monoisotopic (exact) mass is 390 g/mol. The van der Waals surface area contributed by atoms with E-state index in [-0.39, 0.29) is 34.7 Å². The normalized spacial score (nSPS) is 11.1. The van der Waals surface area contributed by atoms with Crippen molar-refractivity contribution in [3.63, 3.8) is 0 Å². The zero-order valence-electron chi connectivity index (χ0n) is 16.2. The molecule has 4 aromatic rings. The van der Waals surface area contributed by atoms with E-state index in [2.05, 4.69) is 0 Å². The number of rotatable bonds is 4. The minimum Gasteiger partial charge on any atom is -0.489 e. The predicted molar refractivity (Wildman–Crippen MR) is 109 cm³/mol. The summed E-state index contributed by atoms with van der Waals surface area (Å²) in [5.74, 6) is 0.181.